The molecule has 1 aromatic carbocycles. The van der Waals surface area contributed by atoms with Crippen molar-refractivity contribution in [3.05, 3.63) is 37.9 Å². The molecule has 5 nitrogen and oxygen atoms in total. The highest BCUT2D eigenvalue weighted by Crippen LogP contribution is 2.37. The van der Waals surface area contributed by atoms with Gasteiger partial charge in [-0.3, -0.25) is 14.9 Å². The third kappa shape index (κ3) is 3.16. The van der Waals surface area contributed by atoms with Gasteiger partial charge in [-0.2, -0.15) is 0 Å². The Kier molecular flexibility index (Phi) is 3.96. The number of non-ortho nitro benzene ring substituents is 1. The summed E-state index contributed by atoms with van der Waals surface area (Å²) in [7, 11) is 0. The molecule has 0 spiro atoms. The van der Waals surface area contributed by atoms with Gasteiger partial charge in [0.15, 0.2) is 0 Å². The van der Waals surface area contributed by atoms with Gasteiger partial charge >= 0.3 is 0 Å². The van der Waals surface area contributed by atoms with E-state index < -0.39 is 10.8 Å². The summed E-state index contributed by atoms with van der Waals surface area (Å²) in [4.78, 5) is 22.1. The molecule has 0 aromatic heterocycles. The van der Waals surface area contributed by atoms with Gasteiger partial charge in [-0.15, -0.1) is 0 Å². The lowest BCUT2D eigenvalue weighted by atomic mass is 10.2. The van der Waals surface area contributed by atoms with Gasteiger partial charge in [-0.1, -0.05) is 30.1 Å². The van der Waals surface area contributed by atoms with Crippen molar-refractivity contribution < 1.29 is 9.72 Å². The van der Waals surface area contributed by atoms with Crippen molar-refractivity contribution in [1.82, 2.24) is 5.32 Å². The smallest absolute Gasteiger partial charge is 0.271 e. The number of nitro benzene ring substituents is 1. The Morgan fingerprint density at radius 3 is 2.68 bits per heavy atom. The van der Waals surface area contributed by atoms with Gasteiger partial charge in [0.2, 0.25) is 0 Å². The molecule has 1 fully saturated rings. The van der Waals surface area contributed by atoms with Crippen LogP contribution in [0.2, 0.25) is 10.0 Å². The lowest BCUT2D eigenvalue weighted by molar-refractivity contribution is -0.384. The lowest BCUT2D eigenvalue weighted by Gasteiger charge is -2.07. The highest BCUT2D eigenvalue weighted by molar-refractivity contribution is 6.44. The zero-order valence-corrected chi connectivity index (χ0v) is 11.7. The number of halogens is 2. The minimum Gasteiger partial charge on any atom is -0.352 e. The van der Waals surface area contributed by atoms with E-state index in [0.29, 0.717) is 18.4 Å². The average Bonchev–Trinajstić information content (AvgIpc) is 3.05. The standard InChI is InChI=1S/C12H12Cl2N2O3/c1-6-2-7(6)5-15-12(17)9-3-8(16(18)19)4-10(13)11(9)14/h3-4,6-7H,2,5H2,1H3,(H,15,17). The summed E-state index contributed by atoms with van der Waals surface area (Å²) >= 11 is 11.7. The molecule has 1 saturated carbocycles. The summed E-state index contributed by atoms with van der Waals surface area (Å²) < 4.78 is 0. The highest BCUT2D eigenvalue weighted by Gasteiger charge is 2.32. The number of nitrogens with zero attached hydrogens (tertiary/aromatic N) is 1. The molecule has 1 aliphatic carbocycles. The van der Waals surface area contributed by atoms with E-state index in [-0.39, 0.29) is 21.3 Å². The van der Waals surface area contributed by atoms with E-state index in [1.807, 2.05) is 0 Å². The first-order valence-electron chi connectivity index (χ1n) is 5.81. The molecule has 1 aliphatic rings. The Labute approximate surface area is 120 Å². The quantitative estimate of drug-likeness (QED) is 0.685. The Morgan fingerprint density at radius 1 is 1.53 bits per heavy atom. The summed E-state index contributed by atoms with van der Waals surface area (Å²) in [5.74, 6) is 0.663. The van der Waals surface area contributed by atoms with Crippen molar-refractivity contribution >= 4 is 34.8 Å². The van der Waals surface area contributed by atoms with Crippen molar-refractivity contribution in [1.29, 1.82) is 0 Å². The van der Waals surface area contributed by atoms with Crippen LogP contribution < -0.4 is 5.32 Å². The number of hydrogen-bond acceptors (Lipinski definition) is 3. The maximum Gasteiger partial charge on any atom is 0.271 e. The molecule has 1 aromatic rings. The van der Waals surface area contributed by atoms with Crippen LogP contribution in [-0.2, 0) is 0 Å². The van der Waals surface area contributed by atoms with Gasteiger partial charge in [-0.05, 0) is 18.3 Å². The molecule has 19 heavy (non-hydrogen) atoms. The van der Waals surface area contributed by atoms with Crippen LogP contribution in [0.5, 0.6) is 0 Å². The number of carbonyl (C=O) groups excluding carboxylic acids is 1. The molecule has 2 rings (SSSR count). The number of hydrogen-bond donors (Lipinski definition) is 1. The Morgan fingerprint density at radius 2 is 2.16 bits per heavy atom. The lowest BCUT2D eigenvalue weighted by Crippen LogP contribution is -2.26. The predicted molar refractivity (Wildman–Crippen MR) is 72.7 cm³/mol. The summed E-state index contributed by atoms with van der Waals surface area (Å²) in [6.45, 7) is 2.66. The van der Waals surface area contributed by atoms with Gasteiger partial charge in [0.1, 0.15) is 0 Å². The normalized spacial score (nSPS) is 21.0. The number of amides is 1. The van der Waals surface area contributed by atoms with Crippen LogP contribution in [0, 0.1) is 22.0 Å². The first-order valence-corrected chi connectivity index (χ1v) is 6.57. The van der Waals surface area contributed by atoms with Gasteiger partial charge in [0.05, 0.1) is 20.5 Å². The average molecular weight is 303 g/mol. The molecule has 2 atom stereocenters. The summed E-state index contributed by atoms with van der Waals surface area (Å²) in [5.41, 5.74) is -0.214. The zero-order chi connectivity index (χ0) is 14.2. The third-order valence-electron chi connectivity index (χ3n) is 3.27. The van der Waals surface area contributed by atoms with Crippen molar-refractivity contribution in [3.63, 3.8) is 0 Å². The minimum absolute atomic E-state index is 0.000747. The molecule has 7 heteroatoms. The van der Waals surface area contributed by atoms with Crippen LogP contribution in [0.1, 0.15) is 23.7 Å². The van der Waals surface area contributed by atoms with Crippen molar-refractivity contribution in [2.75, 3.05) is 6.54 Å². The van der Waals surface area contributed by atoms with Crippen LogP contribution in [0.15, 0.2) is 12.1 Å². The van der Waals surface area contributed by atoms with Crippen molar-refractivity contribution in [2.45, 2.75) is 13.3 Å². The Balaban J connectivity index is 2.17. The van der Waals surface area contributed by atoms with Gasteiger partial charge in [-0.25, -0.2) is 0 Å². The van der Waals surface area contributed by atoms with Gasteiger partial charge in [0.25, 0.3) is 11.6 Å². The number of nitrogens with one attached hydrogen (secondary N) is 1. The second-order valence-corrected chi connectivity index (χ2v) is 5.51. The fourth-order valence-electron chi connectivity index (χ4n) is 1.85. The predicted octanol–water partition coefficient (Wildman–Crippen LogP) is 3.29. The Bertz CT molecular complexity index is 548. The zero-order valence-electron chi connectivity index (χ0n) is 10.2. The second kappa shape index (κ2) is 5.35. The SMILES string of the molecule is CC1CC1CNC(=O)c1cc([N+](=O)[O-])cc(Cl)c1Cl. The maximum atomic E-state index is 12.0. The number of benzene rings is 1. The van der Waals surface area contributed by atoms with Gasteiger partial charge in [0, 0.05) is 18.7 Å². The van der Waals surface area contributed by atoms with E-state index in [1.165, 1.54) is 0 Å². The summed E-state index contributed by atoms with van der Waals surface area (Å²) in [5, 5.41) is 13.5. The molecular formula is C12H12Cl2N2O3. The topological polar surface area (TPSA) is 72.2 Å². The molecule has 0 radical (unpaired) electrons. The van der Waals surface area contributed by atoms with Crippen molar-refractivity contribution in [3.8, 4) is 0 Å². The first-order chi connectivity index (χ1) is 8.90. The van der Waals surface area contributed by atoms with Crippen LogP contribution in [0.3, 0.4) is 0 Å². The molecule has 2 unspecified atom stereocenters. The summed E-state index contributed by atoms with van der Waals surface area (Å²) in [6, 6.07) is 2.27. The van der Waals surface area contributed by atoms with E-state index in [9.17, 15) is 14.9 Å². The fourth-order valence-corrected chi connectivity index (χ4v) is 2.26. The summed E-state index contributed by atoms with van der Waals surface area (Å²) in [6.07, 6.45) is 1.09. The molecule has 102 valence electrons. The van der Waals surface area contributed by atoms with Gasteiger partial charge < -0.3 is 5.32 Å². The molecule has 1 amide bonds. The fraction of sp³-hybridized carbons (Fsp3) is 0.417. The third-order valence-corrected chi connectivity index (χ3v) is 4.07. The monoisotopic (exact) mass is 302 g/mol. The number of nitro groups is 1. The second-order valence-electron chi connectivity index (χ2n) is 4.73. The molecule has 0 saturated heterocycles. The maximum absolute atomic E-state index is 12.0. The molecule has 1 N–H and O–H groups in total. The van der Waals surface area contributed by atoms with E-state index >= 15 is 0 Å². The molecule has 0 aliphatic heterocycles. The highest BCUT2D eigenvalue weighted by atomic mass is 35.5. The van der Waals surface area contributed by atoms with E-state index in [2.05, 4.69) is 12.2 Å². The van der Waals surface area contributed by atoms with Crippen LogP contribution in [-0.4, -0.2) is 17.4 Å². The largest absolute Gasteiger partial charge is 0.352 e. The van der Waals surface area contributed by atoms with Crippen molar-refractivity contribution in [2.24, 2.45) is 11.8 Å². The van der Waals surface area contributed by atoms with E-state index in [4.69, 9.17) is 23.2 Å². The van der Waals surface area contributed by atoms with E-state index in [0.717, 1.165) is 18.6 Å². The van der Waals surface area contributed by atoms with Crippen LogP contribution in [0.4, 0.5) is 5.69 Å². The first kappa shape index (κ1) is 14.1. The number of rotatable bonds is 4. The van der Waals surface area contributed by atoms with E-state index in [1.54, 1.807) is 0 Å². The minimum atomic E-state index is -0.609. The molecular weight excluding hydrogens is 291 g/mol. The Hall–Kier alpha value is -1.33. The molecule has 0 bridgehead atoms. The molecule has 0 heterocycles. The van der Waals surface area contributed by atoms with Crippen LogP contribution in [0.25, 0.3) is 0 Å². The number of carbonyl (C=O) groups is 1. The van der Waals surface area contributed by atoms with Crippen LogP contribution >= 0.6 is 23.2 Å².